The monoisotopic (exact) mass is 259 g/mol. The molecule has 1 unspecified atom stereocenters. The molecule has 2 N–H and O–H groups in total. The fourth-order valence-corrected chi connectivity index (χ4v) is 1.50. The minimum Gasteiger partial charge on any atom is -0.478 e. The summed E-state index contributed by atoms with van der Waals surface area (Å²) < 4.78 is 9.75. The molecule has 1 atom stereocenters. The van der Waals surface area contributed by atoms with Gasteiger partial charge >= 0.3 is 18.0 Å². The Balaban J connectivity index is 2.57. The number of carbonyl (C=O) groups excluding carboxylic acids is 2. The average molecular weight is 259 g/mol. The number of aliphatic carboxylic acids is 1. The zero-order valence-corrected chi connectivity index (χ0v) is 10.6. The third-order valence-corrected chi connectivity index (χ3v) is 2.35. The number of carboxylic acid groups (broad SMARTS) is 1. The number of ether oxygens (including phenoxy) is 2. The second-order valence-corrected chi connectivity index (χ2v) is 5.13. The number of esters is 1. The Labute approximate surface area is 104 Å². The third kappa shape index (κ3) is 3.61. The van der Waals surface area contributed by atoms with Crippen LogP contribution in [0.1, 0.15) is 33.6 Å². The molecule has 0 aromatic heterocycles. The van der Waals surface area contributed by atoms with Gasteiger partial charge in [0, 0.05) is 6.42 Å². The molecule has 102 valence electrons. The number of carbonyl (C=O) groups is 3. The fourth-order valence-electron chi connectivity index (χ4n) is 1.50. The Morgan fingerprint density at radius 2 is 2.11 bits per heavy atom. The number of alkyl carbamates (subject to hydrolysis) is 1. The molecule has 7 heteroatoms. The van der Waals surface area contributed by atoms with Crippen LogP contribution in [0.25, 0.3) is 0 Å². The van der Waals surface area contributed by atoms with Gasteiger partial charge in [0.05, 0.1) is 13.0 Å². The fraction of sp³-hybridized carbons (Fsp3) is 0.727. The highest BCUT2D eigenvalue weighted by atomic mass is 16.6. The first-order chi connectivity index (χ1) is 8.15. The zero-order chi connectivity index (χ0) is 14.0. The number of hydrogen-bond donors (Lipinski definition) is 2. The summed E-state index contributed by atoms with van der Waals surface area (Å²) in [4.78, 5) is 33.5. The summed E-state index contributed by atoms with van der Waals surface area (Å²) in [7, 11) is 0. The van der Waals surface area contributed by atoms with Crippen LogP contribution < -0.4 is 5.32 Å². The van der Waals surface area contributed by atoms with Crippen LogP contribution in [0.3, 0.4) is 0 Å². The van der Waals surface area contributed by atoms with Crippen LogP contribution in [0.4, 0.5) is 4.79 Å². The van der Waals surface area contributed by atoms with Crippen LogP contribution in [0.15, 0.2) is 0 Å². The Hall–Kier alpha value is -1.79. The first-order valence-electron chi connectivity index (χ1n) is 5.57. The normalized spacial score (nSPS) is 23.4. The van der Waals surface area contributed by atoms with Crippen molar-refractivity contribution in [2.75, 3.05) is 6.54 Å². The average Bonchev–Trinajstić information content (AvgIpc) is 2.56. The maximum atomic E-state index is 11.4. The van der Waals surface area contributed by atoms with Crippen LogP contribution >= 0.6 is 0 Å². The van der Waals surface area contributed by atoms with Crippen molar-refractivity contribution in [1.29, 1.82) is 0 Å². The molecular weight excluding hydrogens is 242 g/mol. The van der Waals surface area contributed by atoms with Gasteiger partial charge in [-0.15, -0.1) is 0 Å². The molecule has 0 aromatic rings. The van der Waals surface area contributed by atoms with E-state index in [1.54, 1.807) is 20.8 Å². The maximum Gasteiger partial charge on any atom is 0.407 e. The van der Waals surface area contributed by atoms with Crippen molar-refractivity contribution in [3.05, 3.63) is 0 Å². The number of nitrogens with one attached hydrogen (secondary N) is 1. The molecule has 0 aromatic carbocycles. The first kappa shape index (κ1) is 14.3. The quantitative estimate of drug-likeness (QED) is 0.722. The molecule has 1 heterocycles. The second kappa shape index (κ2) is 4.83. The number of rotatable bonds is 3. The molecule has 1 saturated heterocycles. The lowest BCUT2D eigenvalue weighted by atomic mass is 10.0. The predicted molar refractivity (Wildman–Crippen MR) is 59.9 cm³/mol. The van der Waals surface area contributed by atoms with Crippen LogP contribution in [0.2, 0.25) is 0 Å². The summed E-state index contributed by atoms with van der Waals surface area (Å²) in [6.45, 7) is 4.77. The highest BCUT2D eigenvalue weighted by Crippen LogP contribution is 2.26. The van der Waals surface area contributed by atoms with Gasteiger partial charge in [-0.2, -0.15) is 0 Å². The SMILES string of the molecule is CC(C)(C)OC(=O)NCC1(C(=O)O)CCC(=O)O1. The van der Waals surface area contributed by atoms with Crippen molar-refractivity contribution in [3.63, 3.8) is 0 Å². The van der Waals surface area contributed by atoms with E-state index in [-0.39, 0.29) is 19.4 Å². The molecule has 18 heavy (non-hydrogen) atoms. The predicted octanol–water partition coefficient (Wildman–Crippen LogP) is 0.671. The van der Waals surface area contributed by atoms with Gasteiger partial charge in [-0.1, -0.05) is 0 Å². The van der Waals surface area contributed by atoms with E-state index in [0.717, 1.165) is 0 Å². The zero-order valence-electron chi connectivity index (χ0n) is 10.6. The number of carboxylic acids is 1. The molecule has 1 rings (SSSR count). The van der Waals surface area contributed by atoms with Crippen molar-refractivity contribution in [1.82, 2.24) is 5.32 Å². The summed E-state index contributed by atoms with van der Waals surface area (Å²) in [5.74, 6) is -1.85. The Bertz CT molecular complexity index is 372. The molecule has 7 nitrogen and oxygen atoms in total. The molecule has 0 spiro atoms. The van der Waals surface area contributed by atoms with Gasteiger partial charge in [-0.25, -0.2) is 9.59 Å². The smallest absolute Gasteiger partial charge is 0.407 e. The molecule has 1 aliphatic heterocycles. The Morgan fingerprint density at radius 3 is 2.50 bits per heavy atom. The van der Waals surface area contributed by atoms with E-state index in [2.05, 4.69) is 5.32 Å². The molecule has 0 bridgehead atoms. The van der Waals surface area contributed by atoms with E-state index in [1.165, 1.54) is 0 Å². The minimum atomic E-state index is -1.67. The maximum absolute atomic E-state index is 11.4. The number of cyclic esters (lactones) is 1. The van der Waals surface area contributed by atoms with Gasteiger partial charge in [-0.05, 0) is 20.8 Å². The van der Waals surface area contributed by atoms with E-state index in [0.29, 0.717) is 0 Å². The molecular formula is C11H17NO6. The lowest BCUT2D eigenvalue weighted by molar-refractivity contribution is -0.168. The highest BCUT2D eigenvalue weighted by molar-refractivity contribution is 5.86. The van der Waals surface area contributed by atoms with Crippen LogP contribution in [-0.4, -0.2) is 40.9 Å². The molecule has 0 aliphatic carbocycles. The Kier molecular flexibility index (Phi) is 3.83. The van der Waals surface area contributed by atoms with Gasteiger partial charge in [0.25, 0.3) is 0 Å². The molecule has 1 fully saturated rings. The summed E-state index contributed by atoms with van der Waals surface area (Å²) in [5.41, 5.74) is -2.35. The van der Waals surface area contributed by atoms with Crippen molar-refractivity contribution in [2.45, 2.75) is 44.8 Å². The summed E-state index contributed by atoms with van der Waals surface area (Å²) >= 11 is 0. The van der Waals surface area contributed by atoms with E-state index in [9.17, 15) is 14.4 Å². The Morgan fingerprint density at radius 1 is 1.50 bits per heavy atom. The largest absolute Gasteiger partial charge is 0.478 e. The highest BCUT2D eigenvalue weighted by Gasteiger charge is 2.48. The van der Waals surface area contributed by atoms with Crippen molar-refractivity contribution < 1.29 is 29.0 Å². The number of hydrogen-bond acceptors (Lipinski definition) is 5. The van der Waals surface area contributed by atoms with Crippen molar-refractivity contribution in [3.8, 4) is 0 Å². The topological polar surface area (TPSA) is 102 Å². The standard InChI is InChI=1S/C11H17NO6/c1-10(2,3)18-9(16)12-6-11(8(14)15)5-4-7(13)17-11/h4-6H2,1-3H3,(H,12,16)(H,14,15). The van der Waals surface area contributed by atoms with Crippen molar-refractivity contribution in [2.24, 2.45) is 0 Å². The van der Waals surface area contributed by atoms with Gasteiger partial charge in [-0.3, -0.25) is 4.79 Å². The minimum absolute atomic E-state index is 0.0301. The van der Waals surface area contributed by atoms with Gasteiger partial charge < -0.3 is 19.9 Å². The molecule has 0 radical (unpaired) electrons. The van der Waals surface area contributed by atoms with Crippen LogP contribution in [0.5, 0.6) is 0 Å². The van der Waals surface area contributed by atoms with E-state index < -0.39 is 29.2 Å². The van der Waals surface area contributed by atoms with Gasteiger partial charge in [0.15, 0.2) is 0 Å². The van der Waals surface area contributed by atoms with E-state index in [1.807, 2.05) is 0 Å². The summed E-state index contributed by atoms with van der Waals surface area (Å²) in [5, 5.41) is 11.4. The van der Waals surface area contributed by atoms with Gasteiger partial charge in [0.2, 0.25) is 5.60 Å². The number of amides is 1. The molecule has 1 aliphatic rings. The van der Waals surface area contributed by atoms with Crippen LogP contribution in [-0.2, 0) is 19.1 Å². The first-order valence-corrected chi connectivity index (χ1v) is 5.57. The molecule has 0 saturated carbocycles. The lowest BCUT2D eigenvalue weighted by Crippen LogP contribution is -2.49. The summed E-state index contributed by atoms with van der Waals surface area (Å²) in [6, 6.07) is 0. The molecule has 1 amide bonds. The lowest BCUT2D eigenvalue weighted by Gasteiger charge is -2.24. The van der Waals surface area contributed by atoms with Gasteiger partial charge in [0.1, 0.15) is 5.60 Å². The summed E-state index contributed by atoms with van der Waals surface area (Å²) in [6.07, 6.45) is -0.676. The van der Waals surface area contributed by atoms with E-state index in [4.69, 9.17) is 14.6 Å². The second-order valence-electron chi connectivity index (χ2n) is 5.13. The van der Waals surface area contributed by atoms with Crippen LogP contribution in [0, 0.1) is 0 Å². The van der Waals surface area contributed by atoms with E-state index >= 15 is 0 Å². The third-order valence-electron chi connectivity index (χ3n) is 2.35. The van der Waals surface area contributed by atoms with Crippen molar-refractivity contribution >= 4 is 18.0 Å².